The maximum Gasteiger partial charge on any atom is 0.219 e. The number of hydrogen-bond donors (Lipinski definition) is 0. The molecule has 0 amide bonds. The molecule has 2 aromatic carbocycles. The Kier molecular flexibility index (Phi) is 5.97. The normalized spacial score (nSPS) is 14.4. The van der Waals surface area contributed by atoms with Gasteiger partial charge in [-0.1, -0.05) is 59.3 Å². The van der Waals surface area contributed by atoms with Gasteiger partial charge in [0.2, 0.25) is 4.38 Å². The van der Waals surface area contributed by atoms with Crippen LogP contribution in [0.25, 0.3) is 21.6 Å². The molecule has 3 rings (SSSR count). The number of aryl methyl sites for hydroxylation is 1. The first-order valence-corrected chi connectivity index (χ1v) is 9.81. The second-order valence-corrected chi connectivity index (χ2v) is 7.29. The predicted molar refractivity (Wildman–Crippen MR) is 108 cm³/mol. The average Bonchev–Trinajstić information content (AvgIpc) is 2.96. The van der Waals surface area contributed by atoms with Crippen LogP contribution in [0.3, 0.4) is 0 Å². The van der Waals surface area contributed by atoms with Gasteiger partial charge in [-0.15, -0.1) is 0 Å². The highest BCUT2D eigenvalue weighted by atomic mass is 32.2. The minimum atomic E-state index is 0.202. The summed E-state index contributed by atoms with van der Waals surface area (Å²) >= 11 is 6.66. The molecule has 1 aliphatic rings. The van der Waals surface area contributed by atoms with Gasteiger partial charge >= 0.3 is 0 Å². The lowest BCUT2D eigenvalue weighted by Gasteiger charge is -2.15. The molecule has 0 radical (unpaired) electrons. The van der Waals surface area contributed by atoms with Crippen molar-refractivity contribution >= 4 is 28.4 Å². The second kappa shape index (κ2) is 8.39. The summed E-state index contributed by atoms with van der Waals surface area (Å²) in [6.07, 6.45) is 3.69. The number of hydrogen-bond acceptors (Lipinski definition) is 4. The van der Waals surface area contributed by atoms with Crippen LogP contribution in [-0.2, 0) is 11.2 Å². The zero-order valence-corrected chi connectivity index (χ0v) is 15.6. The Labute approximate surface area is 157 Å². The fourth-order valence-electron chi connectivity index (χ4n) is 3.30. The molecule has 0 aliphatic heterocycles. The van der Waals surface area contributed by atoms with Gasteiger partial charge in [-0.3, -0.25) is 0 Å². The number of rotatable bonds is 6. The van der Waals surface area contributed by atoms with E-state index in [4.69, 9.17) is 22.5 Å². The number of ether oxygens (including phenoxy) is 1. The van der Waals surface area contributed by atoms with Crippen LogP contribution in [0.15, 0.2) is 47.6 Å². The number of benzene rings is 2. The molecule has 0 fully saturated rings. The van der Waals surface area contributed by atoms with Gasteiger partial charge in [0.05, 0.1) is 0 Å². The SMILES string of the molecule is CSC(=S)OCC1c2ccccc2-c2ccc(CCCN=[N+]=[N-])cc21. The van der Waals surface area contributed by atoms with Crippen molar-refractivity contribution in [1.29, 1.82) is 0 Å². The van der Waals surface area contributed by atoms with E-state index in [2.05, 4.69) is 52.5 Å². The summed E-state index contributed by atoms with van der Waals surface area (Å²) in [4.78, 5) is 2.81. The van der Waals surface area contributed by atoms with Gasteiger partial charge in [0.15, 0.2) is 0 Å². The Morgan fingerprint density at radius 3 is 2.84 bits per heavy atom. The molecule has 0 aromatic heterocycles. The van der Waals surface area contributed by atoms with Crippen LogP contribution in [0.2, 0.25) is 0 Å². The minimum absolute atomic E-state index is 0.202. The first-order chi connectivity index (χ1) is 12.2. The van der Waals surface area contributed by atoms with Crippen molar-refractivity contribution in [3.63, 3.8) is 0 Å². The number of fused-ring (bicyclic) bond motifs is 3. The highest BCUT2D eigenvalue weighted by Crippen LogP contribution is 2.45. The van der Waals surface area contributed by atoms with Gasteiger partial charge in [0, 0.05) is 17.4 Å². The van der Waals surface area contributed by atoms with Crippen molar-refractivity contribution in [2.24, 2.45) is 5.11 Å². The van der Waals surface area contributed by atoms with E-state index in [-0.39, 0.29) is 5.92 Å². The van der Waals surface area contributed by atoms with Crippen LogP contribution in [0.1, 0.15) is 29.0 Å². The van der Waals surface area contributed by atoms with Crippen molar-refractivity contribution < 1.29 is 4.74 Å². The molecular weight excluding hydrogens is 350 g/mol. The third kappa shape index (κ3) is 3.98. The Balaban J connectivity index is 1.86. The maximum absolute atomic E-state index is 8.38. The standard InChI is InChI=1S/C19H19N3OS2/c1-25-19(24)23-12-18-15-7-3-2-6-14(15)16-9-8-13(11-17(16)18)5-4-10-21-22-20/h2-3,6-9,11,18H,4-5,10,12H2,1H3. The third-order valence-corrected chi connectivity index (χ3v) is 5.51. The Hall–Kier alpha value is -2.01. The average molecular weight is 370 g/mol. The van der Waals surface area contributed by atoms with Gasteiger partial charge in [0.25, 0.3) is 0 Å². The van der Waals surface area contributed by atoms with Crippen molar-refractivity contribution in [3.8, 4) is 11.1 Å². The van der Waals surface area contributed by atoms with E-state index in [1.54, 1.807) is 0 Å². The van der Waals surface area contributed by atoms with E-state index >= 15 is 0 Å². The number of thiocarbonyl (C=S) groups is 1. The van der Waals surface area contributed by atoms with Crippen LogP contribution in [-0.4, -0.2) is 23.8 Å². The minimum Gasteiger partial charge on any atom is -0.478 e. The smallest absolute Gasteiger partial charge is 0.219 e. The van der Waals surface area contributed by atoms with Gasteiger partial charge in [0.1, 0.15) is 6.61 Å². The van der Waals surface area contributed by atoms with Crippen LogP contribution in [0.5, 0.6) is 0 Å². The number of nitrogens with zero attached hydrogens (tertiary/aromatic N) is 3. The molecule has 1 atom stereocenters. The van der Waals surface area contributed by atoms with Crippen LogP contribution >= 0.6 is 24.0 Å². The first kappa shape index (κ1) is 17.8. The van der Waals surface area contributed by atoms with Crippen molar-refractivity contribution in [1.82, 2.24) is 0 Å². The van der Waals surface area contributed by atoms with Crippen LogP contribution in [0, 0.1) is 0 Å². The van der Waals surface area contributed by atoms with E-state index in [0.29, 0.717) is 17.5 Å². The number of thioether (sulfide) groups is 1. The highest BCUT2D eigenvalue weighted by Gasteiger charge is 2.29. The van der Waals surface area contributed by atoms with E-state index in [1.165, 1.54) is 39.6 Å². The summed E-state index contributed by atoms with van der Waals surface area (Å²) in [6, 6.07) is 15.1. The van der Waals surface area contributed by atoms with E-state index in [1.807, 2.05) is 6.26 Å². The van der Waals surface area contributed by atoms with Crippen LogP contribution in [0.4, 0.5) is 0 Å². The molecule has 0 bridgehead atoms. The summed E-state index contributed by atoms with van der Waals surface area (Å²) in [6.45, 7) is 1.09. The first-order valence-electron chi connectivity index (χ1n) is 8.18. The van der Waals surface area contributed by atoms with Gasteiger partial charge < -0.3 is 4.74 Å². The summed E-state index contributed by atoms with van der Waals surface area (Å²) in [5.74, 6) is 0.202. The molecule has 25 heavy (non-hydrogen) atoms. The second-order valence-electron chi connectivity index (χ2n) is 5.88. The molecule has 4 nitrogen and oxygen atoms in total. The summed E-state index contributed by atoms with van der Waals surface area (Å²) < 4.78 is 6.36. The fourth-order valence-corrected chi connectivity index (χ4v) is 3.56. The van der Waals surface area contributed by atoms with Crippen molar-refractivity contribution in [3.05, 3.63) is 69.6 Å². The molecule has 0 saturated heterocycles. The van der Waals surface area contributed by atoms with E-state index < -0.39 is 0 Å². The molecule has 1 aliphatic carbocycles. The summed E-state index contributed by atoms with van der Waals surface area (Å²) in [5, 5.41) is 3.61. The molecule has 0 spiro atoms. The van der Waals surface area contributed by atoms with Crippen molar-refractivity contribution in [2.75, 3.05) is 19.4 Å². The molecule has 128 valence electrons. The molecule has 0 heterocycles. The van der Waals surface area contributed by atoms with Crippen molar-refractivity contribution in [2.45, 2.75) is 18.8 Å². The molecular formula is C19H19N3OS2. The largest absolute Gasteiger partial charge is 0.478 e. The zero-order chi connectivity index (χ0) is 17.6. The van der Waals surface area contributed by atoms with E-state index in [9.17, 15) is 0 Å². The number of azide groups is 1. The molecule has 0 N–H and O–H groups in total. The quantitative estimate of drug-likeness (QED) is 0.215. The lowest BCUT2D eigenvalue weighted by molar-refractivity contribution is 0.308. The molecule has 2 aromatic rings. The van der Waals surface area contributed by atoms with Crippen LogP contribution < -0.4 is 0 Å². The van der Waals surface area contributed by atoms with Gasteiger partial charge in [-0.2, -0.15) is 0 Å². The molecule has 6 heteroatoms. The molecule has 0 saturated carbocycles. The van der Waals surface area contributed by atoms with E-state index in [0.717, 1.165) is 12.8 Å². The zero-order valence-electron chi connectivity index (χ0n) is 14.0. The fraction of sp³-hybridized carbons (Fsp3) is 0.316. The van der Waals surface area contributed by atoms with Gasteiger partial charge in [-0.05, 0) is 64.7 Å². The monoisotopic (exact) mass is 369 g/mol. The lowest BCUT2D eigenvalue weighted by Crippen LogP contribution is -2.09. The Bertz CT molecular complexity index is 831. The Morgan fingerprint density at radius 1 is 1.24 bits per heavy atom. The van der Waals surface area contributed by atoms with Gasteiger partial charge in [-0.25, -0.2) is 0 Å². The predicted octanol–water partition coefficient (Wildman–Crippen LogP) is 5.71. The maximum atomic E-state index is 8.38. The highest BCUT2D eigenvalue weighted by molar-refractivity contribution is 8.22. The lowest BCUT2D eigenvalue weighted by atomic mass is 9.95. The third-order valence-electron chi connectivity index (χ3n) is 4.44. The molecule has 1 unspecified atom stereocenters. The Morgan fingerprint density at radius 2 is 2.04 bits per heavy atom. The summed E-state index contributed by atoms with van der Waals surface area (Å²) in [5.41, 5.74) is 14.8. The topological polar surface area (TPSA) is 58.0 Å². The summed E-state index contributed by atoms with van der Waals surface area (Å²) in [7, 11) is 0.